The van der Waals surface area contributed by atoms with E-state index in [4.69, 9.17) is 23.9 Å². The predicted molar refractivity (Wildman–Crippen MR) is 141 cm³/mol. The fourth-order valence-corrected chi connectivity index (χ4v) is 4.64. The average Bonchev–Trinajstić information content (AvgIpc) is 3.35. The van der Waals surface area contributed by atoms with Crippen molar-refractivity contribution in [2.24, 2.45) is 0 Å². The average molecular weight is 506 g/mol. The molecular formula is C27H27N3O5S. The summed E-state index contributed by atoms with van der Waals surface area (Å²) in [5.41, 5.74) is 2.20. The highest BCUT2D eigenvalue weighted by molar-refractivity contribution is 7.22. The molecular weight excluding hydrogens is 478 g/mol. The van der Waals surface area contributed by atoms with E-state index in [1.807, 2.05) is 43.3 Å². The molecule has 0 bridgehead atoms. The zero-order valence-electron chi connectivity index (χ0n) is 20.6. The number of amides is 1. The zero-order chi connectivity index (χ0) is 25.5. The number of anilines is 1. The number of carbonyl (C=O) groups is 1. The van der Waals surface area contributed by atoms with Crippen molar-refractivity contribution in [1.82, 2.24) is 9.97 Å². The van der Waals surface area contributed by atoms with Gasteiger partial charge >= 0.3 is 0 Å². The largest absolute Gasteiger partial charge is 0.493 e. The molecule has 0 N–H and O–H groups in total. The topological polar surface area (TPSA) is 83.0 Å². The van der Waals surface area contributed by atoms with Gasteiger partial charge in [0.05, 0.1) is 44.9 Å². The Morgan fingerprint density at radius 1 is 1.00 bits per heavy atom. The van der Waals surface area contributed by atoms with E-state index in [2.05, 4.69) is 4.98 Å². The van der Waals surface area contributed by atoms with Gasteiger partial charge in [0.25, 0.3) is 5.91 Å². The van der Waals surface area contributed by atoms with E-state index in [0.29, 0.717) is 34.7 Å². The molecule has 4 aromatic rings. The van der Waals surface area contributed by atoms with Gasteiger partial charge in [-0.2, -0.15) is 0 Å². The molecule has 0 aliphatic rings. The van der Waals surface area contributed by atoms with Crippen molar-refractivity contribution < 1.29 is 23.7 Å². The number of fused-ring (bicyclic) bond motifs is 1. The maximum atomic E-state index is 13.5. The predicted octanol–water partition coefficient (Wildman–Crippen LogP) is 5.36. The number of methoxy groups -OCH3 is 3. The molecule has 0 unspecified atom stereocenters. The van der Waals surface area contributed by atoms with Crippen LogP contribution in [-0.4, -0.2) is 43.8 Å². The molecule has 2 heterocycles. The number of para-hydroxylation sites is 1. The maximum absolute atomic E-state index is 13.5. The molecule has 0 aliphatic carbocycles. The van der Waals surface area contributed by atoms with Crippen LogP contribution in [0.15, 0.2) is 60.8 Å². The molecule has 0 saturated heterocycles. The number of benzene rings is 2. The molecule has 0 spiro atoms. The van der Waals surface area contributed by atoms with Gasteiger partial charge in [0.1, 0.15) is 11.3 Å². The Morgan fingerprint density at radius 3 is 2.42 bits per heavy atom. The van der Waals surface area contributed by atoms with Crippen molar-refractivity contribution in [3.63, 3.8) is 0 Å². The number of thiazole rings is 1. The fraction of sp³-hybridized carbons (Fsp3) is 0.222. The number of nitrogens with zero attached hydrogens (tertiary/aromatic N) is 3. The van der Waals surface area contributed by atoms with E-state index >= 15 is 0 Å². The Kier molecular flexibility index (Phi) is 8.02. The quantitative estimate of drug-likeness (QED) is 0.268. The van der Waals surface area contributed by atoms with Crippen LogP contribution in [0.3, 0.4) is 0 Å². The lowest BCUT2D eigenvalue weighted by Gasteiger charge is -2.18. The lowest BCUT2D eigenvalue weighted by molar-refractivity contribution is -0.114. The van der Waals surface area contributed by atoms with E-state index in [9.17, 15) is 4.79 Å². The van der Waals surface area contributed by atoms with Crippen molar-refractivity contribution in [2.75, 3.05) is 32.8 Å². The second kappa shape index (κ2) is 11.5. The number of rotatable bonds is 10. The Bertz CT molecular complexity index is 1350. The third kappa shape index (κ3) is 5.41. The van der Waals surface area contributed by atoms with Crippen LogP contribution in [-0.2, 0) is 11.3 Å². The van der Waals surface area contributed by atoms with Gasteiger partial charge in [-0.1, -0.05) is 23.5 Å². The summed E-state index contributed by atoms with van der Waals surface area (Å²) < 4.78 is 22.9. The minimum atomic E-state index is -0.244. The van der Waals surface area contributed by atoms with Crippen LogP contribution in [0.5, 0.6) is 23.0 Å². The van der Waals surface area contributed by atoms with E-state index in [1.165, 1.54) is 17.4 Å². The number of hydrogen-bond donors (Lipinski definition) is 0. The highest BCUT2D eigenvalue weighted by Gasteiger charge is 2.21. The molecule has 0 atom stereocenters. The van der Waals surface area contributed by atoms with Gasteiger partial charge in [-0.3, -0.25) is 14.7 Å². The third-order valence-corrected chi connectivity index (χ3v) is 6.36. The summed E-state index contributed by atoms with van der Waals surface area (Å²) in [6.45, 7) is 2.72. The summed E-state index contributed by atoms with van der Waals surface area (Å²) in [5.74, 6) is 1.94. The molecule has 2 aromatic heterocycles. The number of ether oxygens (including phenoxy) is 4. The molecule has 1 amide bonds. The SMILES string of the molecule is CCOc1cccc2sc(N(Cc3ccccn3)C(=O)/C=C/c3cc(OC)c(OC)c(OC)c3)nc12. The van der Waals surface area contributed by atoms with Gasteiger partial charge in [0.2, 0.25) is 5.75 Å². The normalized spacial score (nSPS) is 11.0. The highest BCUT2D eigenvalue weighted by atomic mass is 32.1. The van der Waals surface area contributed by atoms with Crippen LogP contribution in [0, 0.1) is 0 Å². The highest BCUT2D eigenvalue weighted by Crippen LogP contribution is 2.39. The Labute approximate surface area is 213 Å². The summed E-state index contributed by atoms with van der Waals surface area (Å²) in [4.78, 5) is 24.3. The number of pyridine rings is 1. The minimum Gasteiger partial charge on any atom is -0.493 e. The summed E-state index contributed by atoms with van der Waals surface area (Å²) in [6, 6.07) is 14.9. The first-order chi connectivity index (χ1) is 17.6. The first-order valence-electron chi connectivity index (χ1n) is 11.3. The second-order valence-electron chi connectivity index (χ2n) is 7.57. The van der Waals surface area contributed by atoms with Gasteiger partial charge in [0.15, 0.2) is 16.6 Å². The van der Waals surface area contributed by atoms with E-state index < -0.39 is 0 Å². The Morgan fingerprint density at radius 2 is 1.78 bits per heavy atom. The molecule has 0 radical (unpaired) electrons. The van der Waals surface area contributed by atoms with Crippen molar-refractivity contribution in [3.8, 4) is 23.0 Å². The van der Waals surface area contributed by atoms with E-state index in [1.54, 1.807) is 50.6 Å². The molecule has 4 rings (SSSR count). The van der Waals surface area contributed by atoms with Gasteiger partial charge in [-0.15, -0.1) is 0 Å². The Hall–Kier alpha value is -4.11. The molecule has 0 saturated carbocycles. The second-order valence-corrected chi connectivity index (χ2v) is 8.58. The minimum absolute atomic E-state index is 0.244. The molecule has 0 fully saturated rings. The van der Waals surface area contributed by atoms with Crippen molar-refractivity contribution >= 4 is 38.7 Å². The molecule has 8 nitrogen and oxygen atoms in total. The fourth-order valence-electron chi connectivity index (χ4n) is 3.65. The number of carbonyl (C=O) groups excluding carboxylic acids is 1. The summed E-state index contributed by atoms with van der Waals surface area (Å²) in [6.07, 6.45) is 4.91. The first kappa shape index (κ1) is 25.0. The summed E-state index contributed by atoms with van der Waals surface area (Å²) in [5, 5.41) is 0.558. The summed E-state index contributed by atoms with van der Waals surface area (Å²) in [7, 11) is 4.65. The smallest absolute Gasteiger partial charge is 0.253 e. The van der Waals surface area contributed by atoms with Gasteiger partial charge < -0.3 is 18.9 Å². The monoisotopic (exact) mass is 505 g/mol. The molecule has 186 valence electrons. The molecule has 36 heavy (non-hydrogen) atoms. The van der Waals surface area contributed by atoms with Crippen LogP contribution >= 0.6 is 11.3 Å². The number of aromatic nitrogens is 2. The molecule has 2 aromatic carbocycles. The molecule has 0 aliphatic heterocycles. The lowest BCUT2D eigenvalue weighted by atomic mass is 10.1. The molecule has 9 heteroatoms. The van der Waals surface area contributed by atoms with Crippen LogP contribution in [0.4, 0.5) is 5.13 Å². The van der Waals surface area contributed by atoms with Gasteiger partial charge in [-0.05, 0) is 55.0 Å². The van der Waals surface area contributed by atoms with Crippen molar-refractivity contribution in [3.05, 3.63) is 72.1 Å². The van der Waals surface area contributed by atoms with Crippen molar-refractivity contribution in [1.29, 1.82) is 0 Å². The third-order valence-electron chi connectivity index (χ3n) is 5.32. The number of hydrogen-bond acceptors (Lipinski definition) is 8. The van der Waals surface area contributed by atoms with Crippen LogP contribution in [0.1, 0.15) is 18.2 Å². The van der Waals surface area contributed by atoms with Crippen LogP contribution in [0.25, 0.3) is 16.3 Å². The van der Waals surface area contributed by atoms with E-state index in [-0.39, 0.29) is 12.5 Å². The maximum Gasteiger partial charge on any atom is 0.253 e. The summed E-state index contributed by atoms with van der Waals surface area (Å²) >= 11 is 1.43. The van der Waals surface area contributed by atoms with Crippen LogP contribution < -0.4 is 23.8 Å². The zero-order valence-corrected chi connectivity index (χ0v) is 21.4. The van der Waals surface area contributed by atoms with Crippen LogP contribution in [0.2, 0.25) is 0 Å². The lowest BCUT2D eigenvalue weighted by Crippen LogP contribution is -2.29. The van der Waals surface area contributed by atoms with Crippen molar-refractivity contribution in [2.45, 2.75) is 13.5 Å². The van der Waals surface area contributed by atoms with Gasteiger partial charge in [-0.25, -0.2) is 4.98 Å². The first-order valence-corrected chi connectivity index (χ1v) is 12.1. The Balaban J connectivity index is 1.70. The standard InChI is InChI=1S/C27H27N3O5S/c1-5-35-20-10-8-11-23-25(20)29-27(36-23)30(17-19-9-6-7-14-28-19)24(31)13-12-18-15-21(32-2)26(34-4)22(16-18)33-3/h6-16H,5,17H2,1-4H3/b13-12+. The van der Waals surface area contributed by atoms with E-state index in [0.717, 1.165) is 21.5 Å². The van der Waals surface area contributed by atoms with Gasteiger partial charge in [0, 0.05) is 12.3 Å².